The van der Waals surface area contributed by atoms with Crippen LogP contribution in [0.2, 0.25) is 0 Å². The zero-order valence-corrected chi connectivity index (χ0v) is 25.6. The van der Waals surface area contributed by atoms with Crippen molar-refractivity contribution in [2.24, 2.45) is 0 Å². The van der Waals surface area contributed by atoms with Crippen molar-refractivity contribution in [1.82, 2.24) is 4.90 Å². The number of aliphatic hydroxyl groups is 2. The molecule has 2 N–H and O–H groups in total. The Morgan fingerprint density at radius 1 is 1.17 bits per heavy atom. The summed E-state index contributed by atoms with van der Waals surface area (Å²) < 4.78 is 23.5. The van der Waals surface area contributed by atoms with Crippen molar-refractivity contribution in [3.05, 3.63) is 35.1 Å². The molecule has 1 aliphatic carbocycles. The molecular weight excluding hydrogens is 546 g/mol. The zero-order chi connectivity index (χ0) is 29.6. The number of esters is 1. The number of carbonyl (C=O) groups is 2. The second-order valence-corrected chi connectivity index (χ2v) is 14.3. The first kappa shape index (κ1) is 30.2. The van der Waals surface area contributed by atoms with Crippen LogP contribution in [-0.4, -0.2) is 81.3 Å². The van der Waals surface area contributed by atoms with E-state index < -0.39 is 28.8 Å². The van der Waals surface area contributed by atoms with Gasteiger partial charge in [-0.1, -0.05) is 25.6 Å². The normalized spacial score (nSPS) is 26.5. The molecule has 5 rings (SSSR count). The second kappa shape index (κ2) is 11.4. The van der Waals surface area contributed by atoms with Crippen LogP contribution in [0.15, 0.2) is 24.0 Å². The summed E-state index contributed by atoms with van der Waals surface area (Å²) in [5, 5.41) is 21.7. The summed E-state index contributed by atoms with van der Waals surface area (Å²) in [7, 11) is 1.58. The predicted octanol–water partition coefficient (Wildman–Crippen LogP) is 4.08. The Kier molecular flexibility index (Phi) is 8.42. The minimum absolute atomic E-state index is 0.00379. The molecule has 1 aromatic rings. The largest absolute Gasteiger partial charge is 0.497 e. The Hall–Kier alpha value is -2.27. The molecule has 1 spiro atoms. The number of hydrogen-bond acceptors (Lipinski definition) is 10. The number of hydrogen-bond donors (Lipinski definition) is 2. The van der Waals surface area contributed by atoms with Gasteiger partial charge in [-0.25, -0.2) is 4.79 Å². The van der Waals surface area contributed by atoms with E-state index in [2.05, 4.69) is 11.0 Å². The predicted molar refractivity (Wildman–Crippen MR) is 155 cm³/mol. The minimum atomic E-state index is -2.03. The van der Waals surface area contributed by atoms with Crippen LogP contribution in [0.25, 0.3) is 0 Å². The highest BCUT2D eigenvalue weighted by molar-refractivity contribution is 8.14. The Balaban J connectivity index is 1.49. The molecule has 9 nitrogen and oxygen atoms in total. The van der Waals surface area contributed by atoms with Crippen LogP contribution >= 0.6 is 11.8 Å². The molecule has 0 amide bonds. The maximum atomic E-state index is 14.0. The lowest BCUT2D eigenvalue weighted by Crippen LogP contribution is -2.49. The Morgan fingerprint density at radius 3 is 2.59 bits per heavy atom. The lowest BCUT2D eigenvalue weighted by atomic mass is 9.77. The third kappa shape index (κ3) is 5.98. The molecule has 4 atom stereocenters. The molecule has 10 heteroatoms. The van der Waals surface area contributed by atoms with Gasteiger partial charge in [0.05, 0.1) is 30.6 Å². The van der Waals surface area contributed by atoms with Crippen LogP contribution in [0.3, 0.4) is 0 Å². The van der Waals surface area contributed by atoms with Crippen LogP contribution in [0.1, 0.15) is 83.3 Å². The van der Waals surface area contributed by atoms with E-state index in [0.29, 0.717) is 30.1 Å². The standard InChI is InChI=1S/C31H43NO8S/c1-19(2)41-25(33)17-31(36,11-6-9-29(3,4)35)28(34)40-27-24(37-5)16-30-10-7-12-32(30)13-8-20-14-22-23(39-18-38-22)15-21(20)26(27)30/h14-16,19,26-27,35-36H,6-13,17-18H2,1-5H3/t26-,27?,30-,31+/m1/s1. The van der Waals surface area contributed by atoms with Crippen molar-refractivity contribution in [2.75, 3.05) is 27.0 Å². The van der Waals surface area contributed by atoms with Gasteiger partial charge >= 0.3 is 5.97 Å². The van der Waals surface area contributed by atoms with Crippen molar-refractivity contribution < 1.29 is 38.7 Å². The minimum Gasteiger partial charge on any atom is -0.497 e. The van der Waals surface area contributed by atoms with Gasteiger partial charge < -0.3 is 29.2 Å². The van der Waals surface area contributed by atoms with Crippen molar-refractivity contribution in [3.8, 4) is 11.5 Å². The average molecular weight is 590 g/mol. The van der Waals surface area contributed by atoms with Gasteiger partial charge in [0.25, 0.3) is 0 Å². The van der Waals surface area contributed by atoms with Crippen LogP contribution in [-0.2, 0) is 25.5 Å². The topological polar surface area (TPSA) is 115 Å². The van der Waals surface area contributed by atoms with Gasteiger partial charge in [0.15, 0.2) is 28.3 Å². The molecule has 0 radical (unpaired) electrons. The maximum absolute atomic E-state index is 14.0. The summed E-state index contributed by atoms with van der Waals surface area (Å²) in [6.07, 6.45) is 4.37. The molecule has 1 fully saturated rings. The van der Waals surface area contributed by atoms with E-state index in [1.54, 1.807) is 21.0 Å². The average Bonchev–Trinajstić information content (AvgIpc) is 3.56. The summed E-state index contributed by atoms with van der Waals surface area (Å²) in [5.41, 5.74) is -1.26. The van der Waals surface area contributed by atoms with Gasteiger partial charge in [0, 0.05) is 11.8 Å². The number of benzene rings is 1. The van der Waals surface area contributed by atoms with Crippen molar-refractivity contribution >= 4 is 22.8 Å². The van der Waals surface area contributed by atoms with Gasteiger partial charge in [-0.2, -0.15) is 0 Å². The van der Waals surface area contributed by atoms with Crippen LogP contribution < -0.4 is 9.47 Å². The summed E-state index contributed by atoms with van der Waals surface area (Å²) in [5.74, 6) is 0.807. The van der Waals surface area contributed by atoms with Crippen molar-refractivity contribution in [3.63, 3.8) is 0 Å². The number of nitrogens with zero attached hydrogens (tertiary/aromatic N) is 1. The highest BCUT2D eigenvalue weighted by Gasteiger charge is 2.59. The fourth-order valence-electron chi connectivity index (χ4n) is 6.94. The van der Waals surface area contributed by atoms with Crippen LogP contribution in [0.5, 0.6) is 11.5 Å². The summed E-state index contributed by atoms with van der Waals surface area (Å²) >= 11 is 1.10. The SMILES string of the molecule is COC1=C[C@@]23CCCN2CCc2cc4c(cc2[C@@H]3C1OC(=O)[C@](O)(CCCC(C)(C)O)CC(=O)SC(C)C)OCO4. The quantitative estimate of drug-likeness (QED) is 0.387. The fourth-order valence-corrected chi connectivity index (χ4v) is 7.79. The molecule has 0 aromatic heterocycles. The molecule has 41 heavy (non-hydrogen) atoms. The van der Waals surface area contributed by atoms with Gasteiger partial charge in [-0.15, -0.1) is 0 Å². The third-order valence-electron chi connectivity index (χ3n) is 8.76. The molecule has 4 aliphatic rings. The Labute approximate surface area is 246 Å². The van der Waals surface area contributed by atoms with E-state index in [0.717, 1.165) is 55.2 Å². The second-order valence-electron chi connectivity index (χ2n) is 12.7. The van der Waals surface area contributed by atoms with E-state index in [4.69, 9.17) is 18.9 Å². The van der Waals surface area contributed by atoms with Gasteiger partial charge in [-0.3, -0.25) is 9.69 Å². The number of rotatable bonds is 10. The highest BCUT2D eigenvalue weighted by atomic mass is 32.2. The van der Waals surface area contributed by atoms with E-state index in [1.807, 2.05) is 26.0 Å². The Morgan fingerprint density at radius 2 is 1.90 bits per heavy atom. The molecule has 226 valence electrons. The van der Waals surface area contributed by atoms with Crippen molar-refractivity contribution in [2.45, 2.75) is 107 Å². The summed E-state index contributed by atoms with van der Waals surface area (Å²) in [6, 6.07) is 4.05. The molecular formula is C31H43NO8S. The van der Waals surface area contributed by atoms with E-state index in [-0.39, 0.29) is 35.9 Å². The molecule has 1 saturated heterocycles. The van der Waals surface area contributed by atoms with Gasteiger partial charge in [0.2, 0.25) is 6.79 Å². The third-order valence-corrected chi connectivity index (χ3v) is 9.64. The monoisotopic (exact) mass is 589 g/mol. The Bertz CT molecular complexity index is 1210. The number of carbonyl (C=O) groups excluding carboxylic acids is 2. The van der Waals surface area contributed by atoms with E-state index >= 15 is 0 Å². The summed E-state index contributed by atoms with van der Waals surface area (Å²) in [4.78, 5) is 29.3. The number of methoxy groups -OCH3 is 1. The molecule has 1 unspecified atom stereocenters. The molecule has 0 saturated carbocycles. The maximum Gasteiger partial charge on any atom is 0.339 e. The van der Waals surface area contributed by atoms with Gasteiger partial charge in [0.1, 0.15) is 5.76 Å². The lowest BCUT2D eigenvalue weighted by Gasteiger charge is -2.39. The van der Waals surface area contributed by atoms with E-state index in [1.165, 1.54) is 0 Å². The first-order valence-corrected chi connectivity index (χ1v) is 15.5. The molecule has 3 heterocycles. The van der Waals surface area contributed by atoms with Gasteiger partial charge in [-0.05, 0) is 88.3 Å². The number of ether oxygens (including phenoxy) is 4. The van der Waals surface area contributed by atoms with Crippen molar-refractivity contribution in [1.29, 1.82) is 0 Å². The lowest BCUT2D eigenvalue weighted by molar-refractivity contribution is -0.175. The van der Waals surface area contributed by atoms with Crippen LogP contribution in [0, 0.1) is 0 Å². The number of thioether (sulfide) groups is 1. The molecule has 0 bridgehead atoms. The smallest absolute Gasteiger partial charge is 0.339 e. The first-order valence-electron chi connectivity index (χ1n) is 14.6. The summed E-state index contributed by atoms with van der Waals surface area (Å²) in [6.45, 7) is 9.08. The number of fused-ring (bicyclic) bond motifs is 3. The highest BCUT2D eigenvalue weighted by Crippen LogP contribution is 2.55. The molecule has 1 aromatic carbocycles. The zero-order valence-electron chi connectivity index (χ0n) is 24.7. The van der Waals surface area contributed by atoms with E-state index in [9.17, 15) is 19.8 Å². The first-order chi connectivity index (χ1) is 19.3. The molecule has 3 aliphatic heterocycles. The fraction of sp³-hybridized carbons (Fsp3) is 0.677. The van der Waals surface area contributed by atoms with Crippen LogP contribution in [0.4, 0.5) is 0 Å².